The zero-order chi connectivity index (χ0) is 24.9. The highest BCUT2D eigenvalue weighted by Gasteiger charge is 2.24. The zero-order valence-corrected chi connectivity index (χ0v) is 20.1. The Labute approximate surface area is 206 Å². The Kier molecular flexibility index (Phi) is 7.48. The number of nitrogens with zero attached hydrogens (tertiary/aromatic N) is 3. The topological polar surface area (TPSA) is 123 Å². The van der Waals surface area contributed by atoms with Crippen LogP contribution < -0.4 is 10.9 Å². The number of esters is 1. The van der Waals surface area contributed by atoms with Crippen molar-refractivity contribution in [1.29, 1.82) is 5.26 Å². The number of carbonyl (C=O) groups excluding carboxylic acids is 2. The van der Waals surface area contributed by atoms with Crippen LogP contribution >= 0.6 is 11.8 Å². The normalized spacial score (nSPS) is 16.0. The number of hydrogen-bond acceptors (Lipinski definition) is 8. The van der Waals surface area contributed by atoms with Gasteiger partial charge in [-0.25, -0.2) is 9.78 Å². The van der Waals surface area contributed by atoms with Gasteiger partial charge in [-0.1, -0.05) is 17.8 Å². The van der Waals surface area contributed by atoms with Gasteiger partial charge in [-0.15, -0.1) is 0 Å². The maximum Gasteiger partial charge on any atom is 0.337 e. The quantitative estimate of drug-likeness (QED) is 0.303. The number of carbonyl (C=O) groups is 2. The SMILES string of the molecule is COC(=O)c1ccc2c(=O)n(CC3CCCO3)c(SC(C)C(=O)Nc3cccc(C#N)c3)nc2c1. The van der Waals surface area contributed by atoms with Gasteiger partial charge < -0.3 is 14.8 Å². The molecule has 2 atom stereocenters. The summed E-state index contributed by atoms with van der Waals surface area (Å²) in [7, 11) is 1.29. The van der Waals surface area contributed by atoms with Gasteiger partial charge in [0, 0.05) is 12.3 Å². The number of methoxy groups -OCH3 is 1. The average molecular weight is 493 g/mol. The van der Waals surface area contributed by atoms with Crippen LogP contribution in [0.25, 0.3) is 10.9 Å². The molecule has 1 fully saturated rings. The lowest BCUT2D eigenvalue weighted by Gasteiger charge is -2.19. The summed E-state index contributed by atoms with van der Waals surface area (Å²) >= 11 is 1.14. The molecule has 2 aromatic carbocycles. The highest BCUT2D eigenvalue weighted by Crippen LogP contribution is 2.26. The predicted molar refractivity (Wildman–Crippen MR) is 131 cm³/mol. The minimum atomic E-state index is -0.607. The summed E-state index contributed by atoms with van der Waals surface area (Å²) in [4.78, 5) is 42.9. The van der Waals surface area contributed by atoms with Crippen molar-refractivity contribution in [3.05, 3.63) is 63.9 Å². The molecule has 2 unspecified atom stereocenters. The number of nitrogens with one attached hydrogen (secondary N) is 1. The molecule has 9 nitrogen and oxygen atoms in total. The lowest BCUT2D eigenvalue weighted by Crippen LogP contribution is -2.30. The van der Waals surface area contributed by atoms with Crippen LogP contribution in [0.5, 0.6) is 0 Å². The summed E-state index contributed by atoms with van der Waals surface area (Å²) in [6.07, 6.45) is 1.64. The first-order valence-corrected chi connectivity index (χ1v) is 12.0. The first-order valence-electron chi connectivity index (χ1n) is 11.1. The van der Waals surface area contributed by atoms with Crippen molar-refractivity contribution in [2.24, 2.45) is 0 Å². The number of nitriles is 1. The summed E-state index contributed by atoms with van der Waals surface area (Å²) in [5, 5.41) is 12.0. The van der Waals surface area contributed by atoms with Gasteiger partial charge in [0.25, 0.3) is 5.56 Å². The van der Waals surface area contributed by atoms with Crippen molar-refractivity contribution in [3.63, 3.8) is 0 Å². The van der Waals surface area contributed by atoms with Gasteiger partial charge in [-0.3, -0.25) is 14.2 Å². The first kappa shape index (κ1) is 24.4. The van der Waals surface area contributed by atoms with Crippen molar-refractivity contribution in [2.75, 3.05) is 19.0 Å². The molecule has 4 rings (SSSR count). The molecule has 1 aliphatic rings. The summed E-state index contributed by atoms with van der Waals surface area (Å²) in [5.74, 6) is -0.829. The molecular formula is C25H24N4O5S. The van der Waals surface area contributed by atoms with Gasteiger partial charge in [-0.2, -0.15) is 5.26 Å². The van der Waals surface area contributed by atoms with Crippen molar-refractivity contribution >= 4 is 40.2 Å². The Hall–Kier alpha value is -3.68. The van der Waals surface area contributed by atoms with Gasteiger partial charge in [0.2, 0.25) is 5.91 Å². The number of aromatic nitrogens is 2. The van der Waals surface area contributed by atoms with Crippen molar-refractivity contribution in [3.8, 4) is 6.07 Å². The number of rotatable bonds is 7. The Bertz CT molecular complexity index is 1370. The Morgan fingerprint density at radius 1 is 1.34 bits per heavy atom. The van der Waals surface area contributed by atoms with Gasteiger partial charge in [0.15, 0.2) is 5.16 Å². The van der Waals surface area contributed by atoms with E-state index in [1.165, 1.54) is 19.2 Å². The molecule has 1 N–H and O–H groups in total. The fourth-order valence-corrected chi connectivity index (χ4v) is 4.73. The number of ether oxygens (including phenoxy) is 2. The van der Waals surface area contributed by atoms with Gasteiger partial charge >= 0.3 is 5.97 Å². The molecule has 1 saturated heterocycles. The average Bonchev–Trinajstić information content (AvgIpc) is 3.39. The van der Waals surface area contributed by atoms with Gasteiger partial charge in [-0.05, 0) is 56.2 Å². The number of benzene rings is 2. The summed E-state index contributed by atoms with van der Waals surface area (Å²) in [6.45, 7) is 2.68. The van der Waals surface area contributed by atoms with Crippen LogP contribution in [0, 0.1) is 11.3 Å². The van der Waals surface area contributed by atoms with Crippen molar-refractivity contribution < 1.29 is 19.1 Å². The maximum absolute atomic E-state index is 13.4. The molecule has 180 valence electrons. The first-order chi connectivity index (χ1) is 16.9. The highest BCUT2D eigenvalue weighted by atomic mass is 32.2. The molecule has 2 heterocycles. The Morgan fingerprint density at radius 2 is 2.17 bits per heavy atom. The molecule has 1 aliphatic heterocycles. The molecule has 1 aromatic heterocycles. The zero-order valence-electron chi connectivity index (χ0n) is 19.3. The molecule has 1 amide bonds. The molecular weight excluding hydrogens is 468 g/mol. The molecule has 10 heteroatoms. The monoisotopic (exact) mass is 492 g/mol. The third-order valence-electron chi connectivity index (χ3n) is 5.66. The van der Waals surface area contributed by atoms with E-state index >= 15 is 0 Å². The number of anilines is 1. The molecule has 0 radical (unpaired) electrons. The molecule has 0 aliphatic carbocycles. The van der Waals surface area contributed by atoms with Crippen LogP contribution in [-0.4, -0.2) is 46.5 Å². The summed E-state index contributed by atoms with van der Waals surface area (Å²) in [5.41, 5.74) is 1.30. The fourth-order valence-electron chi connectivity index (χ4n) is 3.81. The van der Waals surface area contributed by atoms with Crippen LogP contribution in [0.2, 0.25) is 0 Å². The van der Waals surface area contributed by atoms with E-state index in [1.54, 1.807) is 41.8 Å². The summed E-state index contributed by atoms with van der Waals surface area (Å²) < 4.78 is 12.1. The fraction of sp³-hybridized carbons (Fsp3) is 0.320. The van der Waals surface area contributed by atoms with E-state index < -0.39 is 11.2 Å². The smallest absolute Gasteiger partial charge is 0.337 e. The molecule has 3 aromatic rings. The lowest BCUT2D eigenvalue weighted by molar-refractivity contribution is -0.115. The Balaban J connectivity index is 1.67. The van der Waals surface area contributed by atoms with E-state index in [0.29, 0.717) is 40.5 Å². The number of amides is 1. The highest BCUT2D eigenvalue weighted by molar-refractivity contribution is 8.00. The predicted octanol–water partition coefficient (Wildman–Crippen LogP) is 3.35. The second-order valence-corrected chi connectivity index (χ2v) is 9.42. The Morgan fingerprint density at radius 3 is 2.89 bits per heavy atom. The van der Waals surface area contributed by atoms with Crippen molar-refractivity contribution in [1.82, 2.24) is 9.55 Å². The van der Waals surface area contributed by atoms with Crippen LogP contribution in [0.4, 0.5) is 5.69 Å². The second-order valence-electron chi connectivity index (χ2n) is 8.11. The molecule has 35 heavy (non-hydrogen) atoms. The summed E-state index contributed by atoms with van der Waals surface area (Å²) in [6, 6.07) is 13.3. The van der Waals surface area contributed by atoms with E-state index in [1.807, 2.05) is 6.07 Å². The van der Waals surface area contributed by atoms with Gasteiger partial charge in [0.1, 0.15) is 0 Å². The third-order valence-corrected chi connectivity index (χ3v) is 6.75. The largest absolute Gasteiger partial charge is 0.465 e. The third kappa shape index (κ3) is 5.53. The minimum Gasteiger partial charge on any atom is -0.465 e. The van der Waals surface area contributed by atoms with Crippen LogP contribution in [0.3, 0.4) is 0 Å². The van der Waals surface area contributed by atoms with Crippen LogP contribution in [0.15, 0.2) is 52.4 Å². The minimum absolute atomic E-state index is 0.113. The lowest BCUT2D eigenvalue weighted by atomic mass is 10.1. The van der Waals surface area contributed by atoms with E-state index in [0.717, 1.165) is 24.6 Å². The van der Waals surface area contributed by atoms with Crippen LogP contribution in [-0.2, 0) is 20.8 Å². The molecule has 0 bridgehead atoms. The van der Waals surface area contributed by atoms with E-state index in [-0.39, 0.29) is 23.1 Å². The number of fused-ring (bicyclic) bond motifs is 1. The maximum atomic E-state index is 13.4. The van der Waals surface area contributed by atoms with Crippen LogP contribution in [0.1, 0.15) is 35.7 Å². The molecule has 0 saturated carbocycles. The number of hydrogen-bond donors (Lipinski definition) is 1. The van der Waals surface area contributed by atoms with E-state index in [4.69, 9.17) is 14.7 Å². The van der Waals surface area contributed by atoms with E-state index in [9.17, 15) is 14.4 Å². The second kappa shape index (κ2) is 10.7. The van der Waals surface area contributed by atoms with Gasteiger partial charge in [0.05, 0.1) is 53.1 Å². The van der Waals surface area contributed by atoms with Crippen molar-refractivity contribution in [2.45, 2.75) is 42.8 Å². The number of thioether (sulfide) groups is 1. The van der Waals surface area contributed by atoms with E-state index in [2.05, 4.69) is 10.3 Å². The molecule has 0 spiro atoms. The standard InChI is InChI=1S/C25H24N4O5S/c1-15(22(30)27-18-6-3-5-16(11-18)13-26)35-25-28-21-12-17(24(32)33-2)8-9-20(21)23(31)29(25)14-19-7-4-10-34-19/h3,5-6,8-9,11-12,15,19H,4,7,10,14H2,1-2H3,(H,27,30).